The Morgan fingerprint density at radius 3 is 2.63 bits per heavy atom. The summed E-state index contributed by atoms with van der Waals surface area (Å²) in [6, 6.07) is 8.00. The van der Waals surface area contributed by atoms with Crippen LogP contribution in [0.15, 0.2) is 46.3 Å². The van der Waals surface area contributed by atoms with Crippen molar-refractivity contribution in [1.29, 1.82) is 0 Å². The van der Waals surface area contributed by atoms with Crippen LogP contribution in [0.1, 0.15) is 11.1 Å². The van der Waals surface area contributed by atoms with Gasteiger partial charge in [0, 0.05) is 18.7 Å². The molecule has 1 saturated heterocycles. The van der Waals surface area contributed by atoms with Crippen LogP contribution in [0.5, 0.6) is 17.2 Å². The first-order chi connectivity index (χ1) is 14.3. The molecule has 30 heavy (non-hydrogen) atoms. The van der Waals surface area contributed by atoms with Crippen LogP contribution >= 0.6 is 11.8 Å². The topological polar surface area (TPSA) is 60.4 Å². The van der Waals surface area contributed by atoms with Crippen LogP contribution in [-0.2, 0) is 11.0 Å². The largest absolute Gasteiger partial charge is 0.496 e. The number of methoxy groups -OCH3 is 1. The SMILES string of the molecule is COc1cc2c(cc1C=C1SC(=Nc3cccc(C(F)(F)F)c3)N(C)C1=O)OCO2. The van der Waals surface area contributed by atoms with Crippen molar-refractivity contribution in [1.82, 2.24) is 4.90 Å². The van der Waals surface area contributed by atoms with Crippen LogP contribution in [0.4, 0.5) is 18.9 Å². The Labute approximate surface area is 173 Å². The Kier molecular flexibility index (Phi) is 5.10. The van der Waals surface area contributed by atoms with Gasteiger partial charge in [0.15, 0.2) is 16.7 Å². The summed E-state index contributed by atoms with van der Waals surface area (Å²) >= 11 is 1.06. The predicted molar refractivity (Wildman–Crippen MR) is 106 cm³/mol. The molecule has 0 aromatic heterocycles. The normalized spacial score (nSPS) is 18.6. The molecule has 2 aliphatic heterocycles. The van der Waals surface area contributed by atoms with Crippen molar-refractivity contribution in [2.45, 2.75) is 6.18 Å². The Hall–Kier alpha value is -3.14. The number of fused-ring (bicyclic) bond motifs is 1. The van der Waals surface area contributed by atoms with E-state index in [1.807, 2.05) is 0 Å². The maximum atomic E-state index is 12.9. The highest BCUT2D eigenvalue weighted by molar-refractivity contribution is 8.18. The first kappa shape index (κ1) is 20.1. The summed E-state index contributed by atoms with van der Waals surface area (Å²) in [5.74, 6) is 1.24. The third kappa shape index (κ3) is 3.82. The predicted octanol–water partition coefficient (Wildman–Crippen LogP) is 4.68. The lowest BCUT2D eigenvalue weighted by Gasteiger charge is -2.09. The minimum atomic E-state index is -4.47. The first-order valence-corrected chi connectivity index (χ1v) is 9.49. The van der Waals surface area contributed by atoms with Gasteiger partial charge in [-0.2, -0.15) is 13.2 Å². The molecule has 0 unspecified atom stereocenters. The number of thioether (sulfide) groups is 1. The van der Waals surface area contributed by atoms with Gasteiger partial charge in [0.05, 0.1) is 23.3 Å². The lowest BCUT2D eigenvalue weighted by atomic mass is 10.1. The zero-order valence-electron chi connectivity index (χ0n) is 15.8. The third-order valence-corrected chi connectivity index (χ3v) is 5.47. The van der Waals surface area contributed by atoms with Gasteiger partial charge in [-0.25, -0.2) is 4.99 Å². The lowest BCUT2D eigenvalue weighted by Crippen LogP contribution is -2.23. The number of ether oxygens (including phenoxy) is 3. The Balaban J connectivity index is 1.66. The second-order valence-electron chi connectivity index (χ2n) is 6.36. The van der Waals surface area contributed by atoms with E-state index in [0.717, 1.165) is 23.9 Å². The highest BCUT2D eigenvalue weighted by Crippen LogP contribution is 2.41. The number of nitrogens with zero attached hydrogens (tertiary/aromatic N) is 2. The molecular weight excluding hydrogens is 421 g/mol. The number of hydrogen-bond donors (Lipinski definition) is 0. The summed E-state index contributed by atoms with van der Waals surface area (Å²) in [6.45, 7) is 0.0999. The van der Waals surface area contributed by atoms with Gasteiger partial charge < -0.3 is 14.2 Å². The van der Waals surface area contributed by atoms with Gasteiger partial charge in [-0.3, -0.25) is 9.69 Å². The summed E-state index contributed by atoms with van der Waals surface area (Å²) < 4.78 is 54.8. The molecule has 2 aromatic carbocycles. The molecule has 10 heteroatoms. The van der Waals surface area contributed by atoms with Gasteiger partial charge in [0.25, 0.3) is 5.91 Å². The Morgan fingerprint density at radius 1 is 1.20 bits per heavy atom. The average Bonchev–Trinajstić information content (AvgIpc) is 3.27. The van der Waals surface area contributed by atoms with E-state index in [2.05, 4.69) is 4.99 Å². The van der Waals surface area contributed by atoms with Crippen LogP contribution < -0.4 is 14.2 Å². The van der Waals surface area contributed by atoms with Crippen molar-refractivity contribution >= 4 is 34.6 Å². The molecule has 0 spiro atoms. The van der Waals surface area contributed by atoms with E-state index in [9.17, 15) is 18.0 Å². The lowest BCUT2D eigenvalue weighted by molar-refractivity contribution is -0.137. The van der Waals surface area contributed by atoms with Crippen LogP contribution in [0.25, 0.3) is 6.08 Å². The smallest absolute Gasteiger partial charge is 0.416 e. The summed E-state index contributed by atoms with van der Waals surface area (Å²) in [7, 11) is 3.01. The van der Waals surface area contributed by atoms with Gasteiger partial charge in [0.2, 0.25) is 6.79 Å². The Bertz CT molecular complexity index is 1080. The van der Waals surface area contributed by atoms with Crippen molar-refractivity contribution in [3.63, 3.8) is 0 Å². The standard InChI is InChI=1S/C20H15F3N2O4S/c1-25-18(26)17(7-11-6-15-16(29-10-28-15)9-14(11)27-2)30-19(25)24-13-5-3-4-12(8-13)20(21,22)23/h3-9H,10H2,1-2H3. The molecule has 2 aromatic rings. The van der Waals surface area contributed by atoms with Gasteiger partial charge in [0.1, 0.15) is 5.75 Å². The molecule has 2 heterocycles. The molecule has 2 aliphatic rings. The maximum absolute atomic E-state index is 12.9. The number of carbonyl (C=O) groups excluding carboxylic acids is 1. The minimum Gasteiger partial charge on any atom is -0.496 e. The van der Waals surface area contributed by atoms with E-state index in [0.29, 0.717) is 27.7 Å². The van der Waals surface area contributed by atoms with Gasteiger partial charge in [-0.15, -0.1) is 0 Å². The van der Waals surface area contributed by atoms with Crippen molar-refractivity contribution < 1.29 is 32.2 Å². The number of hydrogen-bond acceptors (Lipinski definition) is 6. The molecule has 0 bridgehead atoms. The number of alkyl halides is 3. The second-order valence-corrected chi connectivity index (χ2v) is 7.37. The molecule has 0 N–H and O–H groups in total. The van der Waals surface area contributed by atoms with E-state index in [4.69, 9.17) is 14.2 Å². The van der Waals surface area contributed by atoms with Crippen LogP contribution in [-0.4, -0.2) is 36.9 Å². The van der Waals surface area contributed by atoms with E-state index in [1.165, 1.54) is 31.2 Å². The third-order valence-electron chi connectivity index (χ3n) is 4.41. The molecule has 156 valence electrons. The number of carbonyl (C=O) groups is 1. The summed E-state index contributed by atoms with van der Waals surface area (Å²) in [5.41, 5.74) is -0.0950. The molecule has 1 amide bonds. The van der Waals surface area contributed by atoms with Gasteiger partial charge >= 0.3 is 6.18 Å². The molecule has 4 rings (SSSR count). The summed E-state index contributed by atoms with van der Waals surface area (Å²) in [5, 5.41) is 0.269. The number of aliphatic imine (C=N–C) groups is 1. The fourth-order valence-corrected chi connectivity index (χ4v) is 3.86. The fraction of sp³-hybridized carbons (Fsp3) is 0.200. The molecule has 0 aliphatic carbocycles. The van der Waals surface area contributed by atoms with Crippen molar-refractivity contribution in [3.8, 4) is 17.2 Å². The molecule has 0 saturated carbocycles. The molecule has 6 nitrogen and oxygen atoms in total. The zero-order valence-corrected chi connectivity index (χ0v) is 16.6. The number of amides is 1. The quantitative estimate of drug-likeness (QED) is 0.654. The average molecular weight is 436 g/mol. The minimum absolute atomic E-state index is 0.0999. The highest BCUT2D eigenvalue weighted by Gasteiger charge is 2.32. The van der Waals surface area contributed by atoms with Gasteiger partial charge in [-0.1, -0.05) is 6.07 Å². The van der Waals surface area contributed by atoms with Crippen LogP contribution in [0.2, 0.25) is 0 Å². The number of likely N-dealkylation sites (N-methyl/N-ethyl adjacent to an activating group) is 1. The first-order valence-electron chi connectivity index (χ1n) is 8.67. The number of rotatable bonds is 3. The summed E-state index contributed by atoms with van der Waals surface area (Å²) in [6.07, 6.45) is -2.85. The van der Waals surface area contributed by atoms with Crippen molar-refractivity contribution in [3.05, 3.63) is 52.4 Å². The highest BCUT2D eigenvalue weighted by atomic mass is 32.2. The van der Waals surface area contributed by atoms with Gasteiger partial charge in [-0.05, 0) is 42.1 Å². The number of amidine groups is 1. The van der Waals surface area contributed by atoms with Crippen LogP contribution in [0, 0.1) is 0 Å². The van der Waals surface area contributed by atoms with E-state index in [1.54, 1.807) is 18.2 Å². The van der Waals surface area contributed by atoms with Crippen molar-refractivity contribution in [2.24, 2.45) is 4.99 Å². The van der Waals surface area contributed by atoms with Crippen molar-refractivity contribution in [2.75, 3.05) is 21.0 Å². The zero-order chi connectivity index (χ0) is 21.5. The number of halogens is 3. The molecule has 0 atom stereocenters. The second kappa shape index (κ2) is 7.60. The molecule has 1 fully saturated rings. The monoisotopic (exact) mass is 436 g/mol. The molecular formula is C20H15F3N2O4S. The Morgan fingerprint density at radius 2 is 1.93 bits per heavy atom. The van der Waals surface area contributed by atoms with Crippen LogP contribution in [0.3, 0.4) is 0 Å². The van der Waals surface area contributed by atoms with E-state index in [-0.39, 0.29) is 23.6 Å². The fourth-order valence-electron chi connectivity index (χ4n) is 2.88. The maximum Gasteiger partial charge on any atom is 0.416 e. The van der Waals surface area contributed by atoms with E-state index < -0.39 is 11.7 Å². The van der Waals surface area contributed by atoms with E-state index >= 15 is 0 Å². The summed E-state index contributed by atoms with van der Waals surface area (Å²) in [4.78, 5) is 18.5. The number of benzene rings is 2. The molecule has 0 radical (unpaired) electrons.